The molecule has 0 saturated carbocycles. The molecule has 0 aliphatic heterocycles. The summed E-state index contributed by atoms with van der Waals surface area (Å²) in [5, 5.41) is 4.20. The minimum atomic E-state index is -0.432. The highest BCUT2D eigenvalue weighted by atomic mass is 32.1. The third-order valence-electron chi connectivity index (χ3n) is 2.21. The molecule has 2 N–H and O–H groups in total. The summed E-state index contributed by atoms with van der Waals surface area (Å²) in [7, 11) is 0. The van der Waals surface area contributed by atoms with Crippen LogP contribution in [0.5, 0.6) is 0 Å². The van der Waals surface area contributed by atoms with E-state index in [0.717, 1.165) is 5.69 Å². The standard InChI is InChI=1S/C11H10FN3S/c1-7-5-6-15(14-7)9-4-2-3-8(12)10(9)11(13)16/h2-6H,1H3,(H2,13,16). The van der Waals surface area contributed by atoms with Crippen LogP contribution in [-0.2, 0) is 0 Å². The van der Waals surface area contributed by atoms with E-state index in [1.165, 1.54) is 6.07 Å². The summed E-state index contributed by atoms with van der Waals surface area (Å²) in [6, 6.07) is 6.48. The van der Waals surface area contributed by atoms with Gasteiger partial charge in [-0.05, 0) is 25.1 Å². The molecule has 3 nitrogen and oxygen atoms in total. The molecule has 1 aromatic carbocycles. The third kappa shape index (κ3) is 1.81. The maximum absolute atomic E-state index is 13.6. The van der Waals surface area contributed by atoms with Crippen molar-refractivity contribution in [1.29, 1.82) is 0 Å². The van der Waals surface area contributed by atoms with Gasteiger partial charge in [0.25, 0.3) is 0 Å². The Bertz CT molecular complexity index is 548. The van der Waals surface area contributed by atoms with Crippen LogP contribution >= 0.6 is 12.2 Å². The van der Waals surface area contributed by atoms with Crippen LogP contribution in [0.1, 0.15) is 11.3 Å². The highest BCUT2D eigenvalue weighted by Gasteiger charge is 2.12. The largest absolute Gasteiger partial charge is 0.389 e. The van der Waals surface area contributed by atoms with Crippen molar-refractivity contribution in [1.82, 2.24) is 9.78 Å². The van der Waals surface area contributed by atoms with Crippen molar-refractivity contribution in [3.63, 3.8) is 0 Å². The topological polar surface area (TPSA) is 43.8 Å². The number of hydrogen-bond acceptors (Lipinski definition) is 2. The molecule has 0 unspecified atom stereocenters. The number of nitrogens with zero attached hydrogens (tertiary/aromatic N) is 2. The summed E-state index contributed by atoms with van der Waals surface area (Å²) in [4.78, 5) is 0.0289. The predicted octanol–water partition coefficient (Wildman–Crippen LogP) is 1.95. The summed E-state index contributed by atoms with van der Waals surface area (Å²) in [6.45, 7) is 1.86. The summed E-state index contributed by atoms with van der Waals surface area (Å²) in [5.74, 6) is -0.432. The van der Waals surface area contributed by atoms with Gasteiger partial charge in [-0.25, -0.2) is 9.07 Å². The molecule has 1 aromatic heterocycles. The first kappa shape index (κ1) is 10.8. The van der Waals surface area contributed by atoms with Crippen LogP contribution in [0.25, 0.3) is 5.69 Å². The number of halogens is 1. The highest BCUT2D eigenvalue weighted by molar-refractivity contribution is 7.80. The maximum atomic E-state index is 13.6. The molecular formula is C11H10FN3S. The number of nitrogens with two attached hydrogens (primary N) is 1. The van der Waals surface area contributed by atoms with E-state index in [-0.39, 0.29) is 10.6 Å². The number of benzene rings is 1. The van der Waals surface area contributed by atoms with Crippen LogP contribution in [0.2, 0.25) is 0 Å². The number of aryl methyl sites for hydroxylation is 1. The first-order valence-corrected chi connectivity index (χ1v) is 5.11. The monoisotopic (exact) mass is 235 g/mol. The van der Waals surface area contributed by atoms with Gasteiger partial charge in [-0.3, -0.25) is 0 Å². The fraction of sp³-hybridized carbons (Fsp3) is 0.0909. The molecule has 1 heterocycles. The molecule has 0 fully saturated rings. The minimum absolute atomic E-state index is 0.0289. The normalized spacial score (nSPS) is 10.4. The first-order valence-electron chi connectivity index (χ1n) is 4.70. The zero-order chi connectivity index (χ0) is 11.7. The van der Waals surface area contributed by atoms with Crippen molar-refractivity contribution in [3.05, 3.63) is 47.5 Å². The highest BCUT2D eigenvalue weighted by Crippen LogP contribution is 2.17. The SMILES string of the molecule is Cc1ccn(-c2cccc(F)c2C(N)=S)n1. The lowest BCUT2D eigenvalue weighted by molar-refractivity contribution is 0.623. The van der Waals surface area contributed by atoms with Gasteiger partial charge < -0.3 is 5.73 Å². The molecule has 0 saturated heterocycles. The molecule has 0 amide bonds. The Morgan fingerprint density at radius 1 is 1.44 bits per heavy atom. The van der Waals surface area contributed by atoms with Gasteiger partial charge in [-0.2, -0.15) is 5.10 Å². The summed E-state index contributed by atoms with van der Waals surface area (Å²) in [6.07, 6.45) is 1.74. The Kier molecular flexibility index (Phi) is 2.70. The number of thiocarbonyl (C=S) groups is 1. The summed E-state index contributed by atoms with van der Waals surface area (Å²) < 4.78 is 15.1. The second-order valence-electron chi connectivity index (χ2n) is 3.40. The lowest BCUT2D eigenvalue weighted by Crippen LogP contribution is -2.16. The van der Waals surface area contributed by atoms with Gasteiger partial charge in [-0.1, -0.05) is 18.3 Å². The molecule has 82 valence electrons. The van der Waals surface area contributed by atoms with Crippen molar-refractivity contribution < 1.29 is 4.39 Å². The van der Waals surface area contributed by atoms with Crippen LogP contribution in [0.15, 0.2) is 30.5 Å². The van der Waals surface area contributed by atoms with Gasteiger partial charge in [-0.15, -0.1) is 0 Å². The number of aromatic nitrogens is 2. The van der Waals surface area contributed by atoms with Gasteiger partial charge in [0.15, 0.2) is 0 Å². The van der Waals surface area contributed by atoms with Crippen LogP contribution in [0, 0.1) is 12.7 Å². The van der Waals surface area contributed by atoms with E-state index in [4.69, 9.17) is 18.0 Å². The van der Waals surface area contributed by atoms with E-state index in [0.29, 0.717) is 5.69 Å². The molecule has 5 heteroatoms. The molecule has 0 atom stereocenters. The quantitative estimate of drug-likeness (QED) is 0.809. The average molecular weight is 235 g/mol. The van der Waals surface area contributed by atoms with Crippen LogP contribution in [-0.4, -0.2) is 14.8 Å². The summed E-state index contributed by atoms with van der Waals surface area (Å²) in [5.41, 5.74) is 7.13. The third-order valence-corrected chi connectivity index (χ3v) is 2.41. The number of hydrogen-bond donors (Lipinski definition) is 1. The molecule has 0 aliphatic rings. The number of rotatable bonds is 2. The van der Waals surface area contributed by atoms with Crippen molar-refractivity contribution in [2.75, 3.05) is 0 Å². The van der Waals surface area contributed by atoms with Crippen molar-refractivity contribution in [2.24, 2.45) is 5.73 Å². The Balaban J connectivity index is 2.65. The predicted molar refractivity (Wildman–Crippen MR) is 64.1 cm³/mol. The molecule has 16 heavy (non-hydrogen) atoms. The van der Waals surface area contributed by atoms with E-state index >= 15 is 0 Å². The Morgan fingerprint density at radius 2 is 2.19 bits per heavy atom. The van der Waals surface area contributed by atoms with E-state index in [2.05, 4.69) is 5.10 Å². The smallest absolute Gasteiger partial charge is 0.135 e. The van der Waals surface area contributed by atoms with E-state index < -0.39 is 5.82 Å². The Hall–Kier alpha value is -1.75. The average Bonchev–Trinajstić information content (AvgIpc) is 2.63. The molecule has 0 spiro atoms. The lowest BCUT2D eigenvalue weighted by atomic mass is 10.1. The van der Waals surface area contributed by atoms with Crippen LogP contribution in [0.3, 0.4) is 0 Å². The fourth-order valence-electron chi connectivity index (χ4n) is 1.50. The molecule has 0 radical (unpaired) electrons. The lowest BCUT2D eigenvalue weighted by Gasteiger charge is -2.08. The fourth-order valence-corrected chi connectivity index (χ4v) is 1.70. The molecular weight excluding hydrogens is 225 g/mol. The van der Waals surface area contributed by atoms with Gasteiger partial charge in [0.1, 0.15) is 10.8 Å². The van der Waals surface area contributed by atoms with Crippen molar-refractivity contribution >= 4 is 17.2 Å². The van der Waals surface area contributed by atoms with Crippen LogP contribution < -0.4 is 5.73 Å². The minimum Gasteiger partial charge on any atom is -0.389 e. The van der Waals surface area contributed by atoms with E-state index in [9.17, 15) is 4.39 Å². The summed E-state index contributed by atoms with van der Waals surface area (Å²) >= 11 is 4.84. The molecule has 2 rings (SSSR count). The van der Waals surface area contributed by atoms with Gasteiger partial charge in [0.2, 0.25) is 0 Å². The second kappa shape index (κ2) is 4.02. The van der Waals surface area contributed by atoms with E-state index in [1.807, 2.05) is 13.0 Å². The van der Waals surface area contributed by atoms with Crippen molar-refractivity contribution in [3.8, 4) is 5.69 Å². The van der Waals surface area contributed by atoms with E-state index in [1.54, 1.807) is 23.0 Å². The van der Waals surface area contributed by atoms with Gasteiger partial charge in [0.05, 0.1) is 16.9 Å². The maximum Gasteiger partial charge on any atom is 0.135 e. The second-order valence-corrected chi connectivity index (χ2v) is 3.84. The zero-order valence-electron chi connectivity index (χ0n) is 8.64. The Morgan fingerprint density at radius 3 is 2.75 bits per heavy atom. The van der Waals surface area contributed by atoms with Gasteiger partial charge >= 0.3 is 0 Å². The van der Waals surface area contributed by atoms with Crippen LogP contribution in [0.4, 0.5) is 4.39 Å². The first-order chi connectivity index (χ1) is 7.59. The molecule has 2 aromatic rings. The van der Waals surface area contributed by atoms with Gasteiger partial charge in [0, 0.05) is 6.20 Å². The Labute approximate surface area is 97.7 Å². The molecule has 0 aliphatic carbocycles. The van der Waals surface area contributed by atoms with Crippen molar-refractivity contribution in [2.45, 2.75) is 6.92 Å². The molecule has 0 bridgehead atoms. The zero-order valence-corrected chi connectivity index (χ0v) is 9.46.